The van der Waals surface area contributed by atoms with Crippen LogP contribution in [0.15, 0.2) is 0 Å². The lowest BCUT2D eigenvalue weighted by atomic mass is 10.4. The maximum absolute atomic E-state index is 11.1. The summed E-state index contributed by atoms with van der Waals surface area (Å²) in [6.45, 7) is 2.03. The van der Waals surface area contributed by atoms with Gasteiger partial charge in [0.15, 0.2) is 5.82 Å². The fourth-order valence-corrected chi connectivity index (χ4v) is 1.43. The van der Waals surface area contributed by atoms with Crippen molar-refractivity contribution in [2.24, 2.45) is 0 Å². The molecule has 16 heavy (non-hydrogen) atoms. The molecule has 7 nitrogen and oxygen atoms in total. The van der Waals surface area contributed by atoms with Crippen molar-refractivity contribution in [3.8, 4) is 0 Å². The van der Waals surface area contributed by atoms with Gasteiger partial charge in [-0.25, -0.2) is 9.78 Å². The van der Waals surface area contributed by atoms with Crippen LogP contribution in [0.1, 0.15) is 12.7 Å². The molecular weight excluding hydrogens is 234 g/mol. The number of amides is 1. The third-order valence-electron chi connectivity index (χ3n) is 1.47. The van der Waals surface area contributed by atoms with Gasteiger partial charge in [-0.15, -0.1) is 0 Å². The van der Waals surface area contributed by atoms with Crippen molar-refractivity contribution >= 4 is 28.7 Å². The molecule has 0 aliphatic heterocycles. The predicted molar refractivity (Wildman–Crippen MR) is 56.3 cm³/mol. The zero-order valence-corrected chi connectivity index (χ0v) is 9.67. The molecule has 0 aromatic carbocycles. The molecule has 1 aromatic rings. The lowest BCUT2D eigenvalue weighted by Crippen LogP contribution is -2.11. The van der Waals surface area contributed by atoms with Gasteiger partial charge in [0, 0.05) is 11.5 Å². The van der Waals surface area contributed by atoms with Gasteiger partial charge in [-0.05, 0) is 6.92 Å². The number of methoxy groups -OCH3 is 1. The Hall–Kier alpha value is -1.70. The molecule has 1 heterocycles. The topological polar surface area (TPSA) is 90.4 Å². The number of hydrogen-bond donors (Lipinski definition) is 1. The first-order valence-electron chi connectivity index (χ1n) is 4.49. The average molecular weight is 245 g/mol. The number of rotatable bonds is 4. The van der Waals surface area contributed by atoms with Crippen molar-refractivity contribution in [1.82, 2.24) is 9.36 Å². The number of anilines is 1. The van der Waals surface area contributed by atoms with Crippen LogP contribution in [-0.4, -0.2) is 35.1 Å². The van der Waals surface area contributed by atoms with Crippen LogP contribution in [0, 0.1) is 0 Å². The monoisotopic (exact) mass is 245 g/mol. The Morgan fingerprint density at radius 3 is 2.88 bits per heavy atom. The number of esters is 1. The summed E-state index contributed by atoms with van der Waals surface area (Å²) < 4.78 is 13.0. The van der Waals surface area contributed by atoms with Crippen molar-refractivity contribution in [2.75, 3.05) is 19.0 Å². The van der Waals surface area contributed by atoms with E-state index in [0.717, 1.165) is 11.5 Å². The summed E-state index contributed by atoms with van der Waals surface area (Å²) in [5, 5.41) is 2.63. The van der Waals surface area contributed by atoms with Crippen LogP contribution in [0.2, 0.25) is 0 Å². The first kappa shape index (κ1) is 12.4. The number of nitrogens with one attached hydrogen (secondary N) is 1. The number of ether oxygens (including phenoxy) is 2. The van der Waals surface area contributed by atoms with Crippen LogP contribution in [-0.2, 0) is 20.7 Å². The molecule has 88 valence electrons. The highest BCUT2D eigenvalue weighted by Gasteiger charge is 2.11. The summed E-state index contributed by atoms with van der Waals surface area (Å²) in [7, 11) is 1.25. The van der Waals surface area contributed by atoms with E-state index in [1.807, 2.05) is 0 Å². The molecule has 0 unspecified atom stereocenters. The van der Waals surface area contributed by atoms with Crippen LogP contribution >= 0.6 is 11.5 Å². The van der Waals surface area contributed by atoms with Gasteiger partial charge in [0.1, 0.15) is 6.42 Å². The van der Waals surface area contributed by atoms with Gasteiger partial charge in [0.25, 0.3) is 0 Å². The molecule has 0 atom stereocenters. The molecule has 0 aliphatic rings. The van der Waals surface area contributed by atoms with E-state index >= 15 is 0 Å². The second-order valence-electron chi connectivity index (χ2n) is 2.61. The molecule has 0 bridgehead atoms. The molecule has 1 amide bonds. The summed E-state index contributed by atoms with van der Waals surface area (Å²) in [4.78, 5) is 25.8. The molecule has 0 saturated heterocycles. The van der Waals surface area contributed by atoms with Gasteiger partial charge >= 0.3 is 12.1 Å². The lowest BCUT2D eigenvalue weighted by molar-refractivity contribution is -0.142. The van der Waals surface area contributed by atoms with E-state index in [4.69, 9.17) is 4.74 Å². The fraction of sp³-hybridized carbons (Fsp3) is 0.500. The Labute approximate surface area is 95.9 Å². The van der Waals surface area contributed by atoms with Crippen molar-refractivity contribution in [1.29, 1.82) is 0 Å². The molecule has 1 rings (SSSR count). The van der Waals surface area contributed by atoms with E-state index in [2.05, 4.69) is 19.4 Å². The number of hydrogen-bond acceptors (Lipinski definition) is 7. The van der Waals surface area contributed by atoms with Gasteiger partial charge < -0.3 is 9.47 Å². The Bertz CT molecular complexity index is 379. The van der Waals surface area contributed by atoms with Crippen molar-refractivity contribution in [3.63, 3.8) is 0 Å². The highest BCUT2D eigenvalue weighted by molar-refractivity contribution is 7.09. The number of carbonyl (C=O) groups is 2. The quantitative estimate of drug-likeness (QED) is 0.790. The highest BCUT2D eigenvalue weighted by Crippen LogP contribution is 2.11. The molecule has 0 spiro atoms. The average Bonchev–Trinajstić information content (AvgIpc) is 2.65. The minimum atomic E-state index is -0.626. The maximum atomic E-state index is 11.1. The van der Waals surface area contributed by atoms with Gasteiger partial charge in [-0.2, -0.15) is 4.37 Å². The van der Waals surface area contributed by atoms with E-state index in [1.165, 1.54) is 7.11 Å². The third-order valence-corrected chi connectivity index (χ3v) is 2.14. The van der Waals surface area contributed by atoms with E-state index in [1.54, 1.807) is 6.92 Å². The second kappa shape index (κ2) is 6.01. The summed E-state index contributed by atoms with van der Waals surface area (Å²) >= 11 is 0.972. The van der Waals surface area contributed by atoms with Crippen molar-refractivity contribution in [3.05, 3.63) is 5.82 Å². The van der Waals surface area contributed by atoms with E-state index in [0.29, 0.717) is 12.4 Å². The zero-order valence-electron chi connectivity index (χ0n) is 8.85. The minimum absolute atomic E-state index is 0.00675. The van der Waals surface area contributed by atoms with E-state index in [-0.39, 0.29) is 11.6 Å². The van der Waals surface area contributed by atoms with Crippen LogP contribution in [0.4, 0.5) is 9.93 Å². The lowest BCUT2D eigenvalue weighted by Gasteiger charge is -1.97. The Balaban J connectivity index is 2.51. The Kier molecular flexibility index (Phi) is 4.65. The van der Waals surface area contributed by atoms with Gasteiger partial charge in [0.05, 0.1) is 13.7 Å². The zero-order chi connectivity index (χ0) is 12.0. The van der Waals surface area contributed by atoms with Gasteiger partial charge in [-0.1, -0.05) is 0 Å². The summed E-state index contributed by atoms with van der Waals surface area (Å²) in [5.41, 5.74) is 0. The predicted octanol–water partition coefficient (Wildman–Crippen LogP) is 0.822. The van der Waals surface area contributed by atoms with Gasteiger partial charge in [-0.3, -0.25) is 10.1 Å². The molecule has 1 aromatic heterocycles. The number of nitrogens with zero attached hydrogens (tertiary/aromatic N) is 2. The first-order valence-corrected chi connectivity index (χ1v) is 5.26. The largest absolute Gasteiger partial charge is 0.466 e. The fourth-order valence-electron chi connectivity index (χ4n) is 0.856. The third kappa shape index (κ3) is 3.81. The minimum Gasteiger partial charge on any atom is -0.466 e. The van der Waals surface area contributed by atoms with Crippen LogP contribution in [0.3, 0.4) is 0 Å². The smallest absolute Gasteiger partial charge is 0.413 e. The SMILES string of the molecule is CCOC(=O)Cc1nsc(NC(=O)OC)n1. The van der Waals surface area contributed by atoms with Crippen LogP contribution in [0.5, 0.6) is 0 Å². The summed E-state index contributed by atoms with van der Waals surface area (Å²) in [6.07, 6.45) is -0.633. The Morgan fingerprint density at radius 2 is 2.25 bits per heavy atom. The maximum Gasteiger partial charge on any atom is 0.413 e. The second-order valence-corrected chi connectivity index (χ2v) is 3.37. The normalized spacial score (nSPS) is 9.62. The number of aromatic nitrogens is 2. The van der Waals surface area contributed by atoms with Crippen molar-refractivity contribution in [2.45, 2.75) is 13.3 Å². The Morgan fingerprint density at radius 1 is 1.50 bits per heavy atom. The summed E-state index contributed by atoms with van der Waals surface area (Å²) in [6, 6.07) is 0. The molecule has 0 radical (unpaired) electrons. The summed E-state index contributed by atoms with van der Waals surface area (Å²) in [5.74, 6) is -0.0835. The molecule has 1 N–H and O–H groups in total. The molecule has 8 heteroatoms. The van der Waals surface area contributed by atoms with E-state index < -0.39 is 12.1 Å². The van der Waals surface area contributed by atoms with E-state index in [9.17, 15) is 9.59 Å². The number of carbonyl (C=O) groups excluding carboxylic acids is 2. The van der Waals surface area contributed by atoms with Crippen LogP contribution in [0.25, 0.3) is 0 Å². The van der Waals surface area contributed by atoms with Crippen LogP contribution < -0.4 is 5.32 Å². The molecule has 0 fully saturated rings. The standard InChI is InChI=1S/C8H11N3O4S/c1-3-15-6(12)4-5-9-7(16-11-5)10-8(13)14-2/h3-4H2,1-2H3,(H,9,10,11,13). The molecular formula is C8H11N3O4S. The molecule has 0 aliphatic carbocycles. The van der Waals surface area contributed by atoms with Gasteiger partial charge in [0.2, 0.25) is 5.13 Å². The highest BCUT2D eigenvalue weighted by atomic mass is 32.1. The molecule has 0 saturated carbocycles. The van der Waals surface area contributed by atoms with Crippen molar-refractivity contribution < 1.29 is 19.1 Å². The first-order chi connectivity index (χ1) is 7.65.